The molecule has 1 unspecified atom stereocenters. The molecule has 11 nitrogen and oxygen atoms in total. The largest absolute Gasteiger partial charge is 0.480 e. The topological polar surface area (TPSA) is 136 Å². The maximum Gasteiger partial charge on any atom is 0.410 e. The van der Waals surface area contributed by atoms with Gasteiger partial charge in [-0.05, 0) is 43.2 Å². The molecule has 4 rings (SSSR count). The smallest absolute Gasteiger partial charge is 0.410 e. The number of carboxylic acids is 1. The number of piperazine rings is 1. The number of benzene rings is 1. The maximum atomic E-state index is 13.4. The molecule has 188 valence electrons. The maximum absolute atomic E-state index is 13.4. The number of carboxylic acid groups (broad SMARTS) is 1. The molecule has 0 aliphatic carbocycles. The standard InChI is InChI=1S/C22H24FN3O8S/c1-32-10-11-33-22(29)26-15-4-8-18(26)20(21(27)28)25(13-15)35(30,31)17-7-9-19(24-12-17)34-16-5-2-14(23)3-6-16/h2-3,5-7,9,12,15,18,20H,4,8,10-11,13H2,1H3,(H,27,28)/t15-,18+,20?/m1/s1. The van der Waals surface area contributed by atoms with Gasteiger partial charge in [0, 0.05) is 25.8 Å². The van der Waals surface area contributed by atoms with E-state index in [1.165, 1.54) is 48.4 Å². The molecule has 1 aromatic carbocycles. The Balaban J connectivity index is 1.54. The molecule has 3 heterocycles. The third-order valence-electron chi connectivity index (χ3n) is 5.94. The van der Waals surface area contributed by atoms with E-state index < -0.39 is 46.0 Å². The van der Waals surface area contributed by atoms with Crippen LogP contribution < -0.4 is 4.74 Å². The van der Waals surface area contributed by atoms with E-state index in [-0.39, 0.29) is 30.5 Å². The second-order valence-corrected chi connectivity index (χ2v) is 9.95. The zero-order valence-corrected chi connectivity index (χ0v) is 19.6. The summed E-state index contributed by atoms with van der Waals surface area (Å²) < 4.78 is 56.3. The summed E-state index contributed by atoms with van der Waals surface area (Å²) in [6.07, 6.45) is 1.15. The van der Waals surface area contributed by atoms with Crippen molar-refractivity contribution in [3.8, 4) is 11.6 Å². The number of hydrogen-bond donors (Lipinski definition) is 1. The Hall–Kier alpha value is -3.29. The third kappa shape index (κ3) is 5.06. The van der Waals surface area contributed by atoms with E-state index in [2.05, 4.69) is 4.98 Å². The SMILES string of the molecule is COCCOC(=O)N1[C@@H]2CC[C@H]1C(C(=O)O)N(S(=O)(=O)c1ccc(Oc3ccc(F)cc3)nc1)C2. The predicted molar refractivity (Wildman–Crippen MR) is 118 cm³/mol. The second kappa shape index (κ2) is 10.1. The van der Waals surface area contributed by atoms with Gasteiger partial charge in [-0.2, -0.15) is 4.31 Å². The van der Waals surface area contributed by atoms with Crippen molar-refractivity contribution in [3.05, 3.63) is 48.4 Å². The first-order chi connectivity index (χ1) is 16.7. The number of ether oxygens (including phenoxy) is 3. The van der Waals surface area contributed by atoms with E-state index in [1.807, 2.05) is 0 Å². The van der Waals surface area contributed by atoms with Crippen molar-refractivity contribution in [1.29, 1.82) is 0 Å². The van der Waals surface area contributed by atoms with Crippen LogP contribution in [0.3, 0.4) is 0 Å². The Morgan fingerprint density at radius 3 is 2.51 bits per heavy atom. The second-order valence-electron chi connectivity index (χ2n) is 8.06. The number of aliphatic carboxylic acids is 1. The van der Waals surface area contributed by atoms with E-state index in [0.29, 0.717) is 18.6 Å². The summed E-state index contributed by atoms with van der Waals surface area (Å²) >= 11 is 0. The van der Waals surface area contributed by atoms with Crippen LogP contribution in [0.2, 0.25) is 0 Å². The molecule has 2 fully saturated rings. The fourth-order valence-corrected chi connectivity index (χ4v) is 5.95. The van der Waals surface area contributed by atoms with Crippen molar-refractivity contribution >= 4 is 22.1 Å². The van der Waals surface area contributed by atoms with Crippen LogP contribution in [0.5, 0.6) is 11.6 Å². The van der Waals surface area contributed by atoms with Gasteiger partial charge in [0.15, 0.2) is 0 Å². The van der Waals surface area contributed by atoms with Crippen LogP contribution in [0.1, 0.15) is 12.8 Å². The predicted octanol–water partition coefficient (Wildman–Crippen LogP) is 2.09. The average molecular weight is 510 g/mol. The lowest BCUT2D eigenvalue weighted by Gasteiger charge is -2.43. The number of sulfonamides is 1. The lowest BCUT2D eigenvalue weighted by atomic mass is 10.1. The van der Waals surface area contributed by atoms with Crippen molar-refractivity contribution in [2.75, 3.05) is 26.9 Å². The Morgan fingerprint density at radius 2 is 1.89 bits per heavy atom. The first-order valence-corrected chi connectivity index (χ1v) is 12.2. The number of amides is 1. The van der Waals surface area contributed by atoms with E-state index in [0.717, 1.165) is 10.5 Å². The highest BCUT2D eigenvalue weighted by molar-refractivity contribution is 7.89. The highest BCUT2D eigenvalue weighted by Crippen LogP contribution is 2.38. The van der Waals surface area contributed by atoms with E-state index in [4.69, 9.17) is 14.2 Å². The van der Waals surface area contributed by atoms with Gasteiger partial charge in [-0.1, -0.05) is 0 Å². The number of halogens is 1. The first kappa shape index (κ1) is 24.8. The van der Waals surface area contributed by atoms with Crippen LogP contribution in [-0.2, 0) is 24.3 Å². The molecule has 1 N–H and O–H groups in total. The molecule has 0 spiro atoms. The number of rotatable bonds is 8. The molecule has 2 aliphatic heterocycles. The Labute approximate surface area is 201 Å². The van der Waals surface area contributed by atoms with Crippen molar-refractivity contribution in [1.82, 2.24) is 14.2 Å². The van der Waals surface area contributed by atoms with Crippen molar-refractivity contribution in [2.45, 2.75) is 35.9 Å². The van der Waals surface area contributed by atoms with Crippen molar-refractivity contribution in [2.24, 2.45) is 0 Å². The summed E-state index contributed by atoms with van der Waals surface area (Å²) in [4.78, 5) is 29.9. The van der Waals surface area contributed by atoms with Gasteiger partial charge in [-0.25, -0.2) is 22.6 Å². The molecule has 2 bridgehead atoms. The van der Waals surface area contributed by atoms with Crippen LogP contribution >= 0.6 is 0 Å². The van der Waals surface area contributed by atoms with Gasteiger partial charge in [0.2, 0.25) is 15.9 Å². The summed E-state index contributed by atoms with van der Waals surface area (Å²) in [5.74, 6) is -1.41. The molecular weight excluding hydrogens is 485 g/mol. The average Bonchev–Trinajstić information content (AvgIpc) is 3.13. The fraction of sp³-hybridized carbons (Fsp3) is 0.409. The zero-order valence-electron chi connectivity index (χ0n) is 18.7. The third-order valence-corrected chi connectivity index (χ3v) is 7.77. The molecule has 2 aliphatic rings. The quantitative estimate of drug-likeness (QED) is 0.531. The molecule has 0 radical (unpaired) electrons. The minimum atomic E-state index is -4.26. The van der Waals surface area contributed by atoms with Gasteiger partial charge in [0.1, 0.15) is 29.1 Å². The molecule has 35 heavy (non-hydrogen) atoms. The van der Waals surface area contributed by atoms with Crippen LogP contribution in [-0.4, -0.2) is 84.8 Å². The van der Waals surface area contributed by atoms with Crippen LogP contribution in [0.4, 0.5) is 9.18 Å². The number of carbonyl (C=O) groups is 2. The highest BCUT2D eigenvalue weighted by Gasteiger charge is 2.55. The highest BCUT2D eigenvalue weighted by atomic mass is 32.2. The van der Waals surface area contributed by atoms with Gasteiger partial charge >= 0.3 is 12.1 Å². The van der Waals surface area contributed by atoms with Crippen LogP contribution in [0, 0.1) is 5.82 Å². The molecule has 13 heteroatoms. The minimum Gasteiger partial charge on any atom is -0.480 e. The number of aromatic nitrogens is 1. The Kier molecular flexibility index (Phi) is 7.19. The fourth-order valence-electron chi connectivity index (χ4n) is 4.36. The summed E-state index contributed by atoms with van der Waals surface area (Å²) in [6.45, 7) is -0.00229. The van der Waals surface area contributed by atoms with Gasteiger partial charge in [0.05, 0.1) is 18.8 Å². The van der Waals surface area contributed by atoms with E-state index >= 15 is 0 Å². The summed E-state index contributed by atoms with van der Waals surface area (Å²) in [5, 5.41) is 9.91. The van der Waals surface area contributed by atoms with Crippen molar-refractivity contribution < 1.29 is 41.7 Å². The summed E-state index contributed by atoms with van der Waals surface area (Å²) in [6, 6.07) is 4.92. The molecule has 2 saturated heterocycles. The van der Waals surface area contributed by atoms with Gasteiger partial charge in [-0.15, -0.1) is 0 Å². The summed E-state index contributed by atoms with van der Waals surface area (Å²) in [7, 11) is -2.80. The number of methoxy groups -OCH3 is 1. The van der Waals surface area contributed by atoms with Gasteiger partial charge < -0.3 is 19.3 Å². The summed E-state index contributed by atoms with van der Waals surface area (Å²) in [5.41, 5.74) is 0. The molecule has 2 aromatic rings. The van der Waals surface area contributed by atoms with Crippen LogP contribution in [0.25, 0.3) is 0 Å². The molecule has 1 aromatic heterocycles. The Bertz CT molecular complexity index is 1180. The number of hydrogen-bond acceptors (Lipinski definition) is 8. The van der Waals surface area contributed by atoms with Gasteiger partial charge in [-0.3, -0.25) is 9.69 Å². The lowest BCUT2D eigenvalue weighted by molar-refractivity contribution is -0.145. The van der Waals surface area contributed by atoms with E-state index in [1.54, 1.807) is 0 Å². The number of carbonyl (C=O) groups excluding carboxylic acids is 1. The normalized spacial score (nSPS) is 22.1. The van der Waals surface area contributed by atoms with Gasteiger partial charge in [0.25, 0.3) is 0 Å². The van der Waals surface area contributed by atoms with E-state index in [9.17, 15) is 27.5 Å². The lowest BCUT2D eigenvalue weighted by Crippen LogP contribution is -2.64. The molecule has 0 saturated carbocycles. The molecular formula is C22H24FN3O8S. The van der Waals surface area contributed by atoms with Crippen molar-refractivity contribution in [3.63, 3.8) is 0 Å². The molecule has 1 amide bonds. The first-order valence-electron chi connectivity index (χ1n) is 10.8. The zero-order chi connectivity index (χ0) is 25.2. The number of nitrogens with zero attached hydrogens (tertiary/aromatic N) is 3. The minimum absolute atomic E-state index is 0.00301. The number of pyridine rings is 1. The number of fused-ring (bicyclic) bond motifs is 2. The monoisotopic (exact) mass is 509 g/mol. The van der Waals surface area contributed by atoms with Crippen LogP contribution in [0.15, 0.2) is 47.5 Å². The molecule has 3 atom stereocenters. The Morgan fingerprint density at radius 1 is 1.14 bits per heavy atom.